The van der Waals surface area contributed by atoms with Gasteiger partial charge in [-0.05, 0) is 6.92 Å². The normalized spacial score (nSPS) is 21.7. The second-order valence-electron chi connectivity index (χ2n) is 5.80. The number of imidazole rings is 1. The molecule has 2 aliphatic heterocycles. The smallest absolute Gasteiger partial charge is 0.449 e. The van der Waals surface area contributed by atoms with Crippen molar-refractivity contribution in [3.05, 3.63) is 29.5 Å². The number of nitrogens with one attached hydrogen (secondary N) is 3. The zero-order chi connectivity index (χ0) is 19.0. The number of carboxylic acid groups (broad SMARTS) is 1. The van der Waals surface area contributed by atoms with Crippen LogP contribution < -0.4 is 5.32 Å². The molecule has 1 saturated heterocycles. The Labute approximate surface area is 161 Å². The fraction of sp³-hybridized carbons (Fsp3) is 0.357. The fourth-order valence-corrected chi connectivity index (χ4v) is 5.00. The maximum atomic E-state index is 12.6. The fourth-order valence-electron chi connectivity index (χ4n) is 2.77. The zero-order valence-corrected chi connectivity index (χ0v) is 15.6. The molecule has 2 atom stereocenters. The number of β-lactam (4-membered cyclic amide) rings is 1. The third-order valence-electron chi connectivity index (χ3n) is 3.96. The molecule has 4 N–H and O–H groups in total. The van der Waals surface area contributed by atoms with Crippen LogP contribution in [0, 0.1) is 6.92 Å². The molecule has 142 valence electrons. The van der Waals surface area contributed by atoms with Crippen LogP contribution >= 0.6 is 23.5 Å². The molecule has 11 nitrogen and oxygen atoms in total. The number of hydrogen-bond acceptors (Lipinski definition) is 9. The summed E-state index contributed by atoms with van der Waals surface area (Å²) in [7, 11) is 0. The lowest BCUT2D eigenvalue weighted by Crippen LogP contribution is -2.67. The molecule has 0 saturated carbocycles. The monoisotopic (exact) mass is 409 g/mol. The van der Waals surface area contributed by atoms with E-state index in [4.69, 9.17) is 9.84 Å². The van der Waals surface area contributed by atoms with Crippen LogP contribution in [-0.2, 0) is 9.53 Å². The van der Waals surface area contributed by atoms with Crippen LogP contribution in [0.1, 0.15) is 5.69 Å². The molecule has 1 amide bonds. The number of rotatable bonds is 6. The van der Waals surface area contributed by atoms with Crippen LogP contribution in [0.4, 0.5) is 10.7 Å². The number of aryl methyl sites for hydroxylation is 1. The first-order chi connectivity index (χ1) is 13.0. The van der Waals surface area contributed by atoms with Crippen molar-refractivity contribution in [3.8, 4) is 0 Å². The summed E-state index contributed by atoms with van der Waals surface area (Å²) in [6.07, 6.45) is 1.92. The standard InChI is InChI=1S/C14H15N7O4S2/c1-6-2-15-13(17-6)18-9-10(22)21-11(25-14(23)24)7(5-27-12(9)21)4-26-8-3-16-20-19-8/h2-3,9,12H,4-5H2,1H3,(H,23,24)(H2,15,17,18)(H,16,19,20)/t9?,12-/m0/s1. The van der Waals surface area contributed by atoms with Crippen molar-refractivity contribution in [2.24, 2.45) is 0 Å². The number of carbonyl (C=O) groups excluding carboxylic acids is 1. The molecule has 2 aliphatic rings. The van der Waals surface area contributed by atoms with Gasteiger partial charge in [-0.15, -0.1) is 16.9 Å². The van der Waals surface area contributed by atoms with Gasteiger partial charge in [-0.3, -0.25) is 14.8 Å². The Morgan fingerprint density at radius 2 is 2.41 bits per heavy atom. The van der Waals surface area contributed by atoms with Gasteiger partial charge in [0.25, 0.3) is 5.91 Å². The van der Waals surface area contributed by atoms with Crippen LogP contribution in [0.15, 0.2) is 28.9 Å². The number of nitrogens with zero attached hydrogens (tertiary/aromatic N) is 4. The number of hydrogen-bond donors (Lipinski definition) is 4. The summed E-state index contributed by atoms with van der Waals surface area (Å²) >= 11 is 2.92. The molecule has 4 heterocycles. The molecule has 4 rings (SSSR count). The highest BCUT2D eigenvalue weighted by molar-refractivity contribution is 8.01. The summed E-state index contributed by atoms with van der Waals surface area (Å²) in [5, 5.41) is 22.7. The lowest BCUT2D eigenvalue weighted by molar-refractivity contribution is -0.143. The predicted molar refractivity (Wildman–Crippen MR) is 97.1 cm³/mol. The Kier molecular flexibility index (Phi) is 4.70. The first kappa shape index (κ1) is 17.7. The summed E-state index contributed by atoms with van der Waals surface area (Å²) < 4.78 is 4.96. The van der Waals surface area contributed by atoms with Crippen molar-refractivity contribution in [1.82, 2.24) is 30.3 Å². The molecule has 1 fully saturated rings. The highest BCUT2D eigenvalue weighted by atomic mass is 32.2. The summed E-state index contributed by atoms with van der Waals surface area (Å²) in [4.78, 5) is 32.4. The Morgan fingerprint density at radius 1 is 1.56 bits per heavy atom. The molecule has 0 bridgehead atoms. The van der Waals surface area contributed by atoms with Crippen molar-refractivity contribution in [2.45, 2.75) is 23.4 Å². The molecule has 0 spiro atoms. The number of aromatic amines is 2. The zero-order valence-electron chi connectivity index (χ0n) is 14.0. The van der Waals surface area contributed by atoms with E-state index in [1.54, 1.807) is 12.4 Å². The van der Waals surface area contributed by atoms with E-state index < -0.39 is 12.2 Å². The second-order valence-corrected chi connectivity index (χ2v) is 7.90. The Morgan fingerprint density at radius 3 is 3.07 bits per heavy atom. The van der Waals surface area contributed by atoms with Crippen LogP contribution in [0.25, 0.3) is 0 Å². The minimum Gasteiger partial charge on any atom is -0.449 e. The number of thioether (sulfide) groups is 2. The highest BCUT2D eigenvalue weighted by Crippen LogP contribution is 2.42. The topological polar surface area (TPSA) is 149 Å². The van der Waals surface area contributed by atoms with Crippen molar-refractivity contribution >= 4 is 41.5 Å². The van der Waals surface area contributed by atoms with Gasteiger partial charge in [0.2, 0.25) is 11.8 Å². The molecule has 27 heavy (non-hydrogen) atoms. The third kappa shape index (κ3) is 3.47. The van der Waals surface area contributed by atoms with Crippen molar-refractivity contribution < 1.29 is 19.4 Å². The number of ether oxygens (including phenoxy) is 1. The van der Waals surface area contributed by atoms with E-state index in [9.17, 15) is 9.59 Å². The number of H-pyrrole nitrogens is 2. The minimum atomic E-state index is -1.45. The van der Waals surface area contributed by atoms with E-state index >= 15 is 0 Å². The number of anilines is 1. The average molecular weight is 409 g/mol. The van der Waals surface area contributed by atoms with Crippen LogP contribution in [0.3, 0.4) is 0 Å². The maximum absolute atomic E-state index is 12.6. The quantitative estimate of drug-likeness (QED) is 0.312. The summed E-state index contributed by atoms with van der Waals surface area (Å²) in [5.41, 5.74) is 1.52. The van der Waals surface area contributed by atoms with Gasteiger partial charge in [0, 0.05) is 23.3 Å². The van der Waals surface area contributed by atoms with E-state index in [1.807, 2.05) is 6.92 Å². The van der Waals surface area contributed by atoms with E-state index in [0.717, 1.165) is 5.69 Å². The van der Waals surface area contributed by atoms with Gasteiger partial charge in [-0.25, -0.2) is 9.78 Å². The van der Waals surface area contributed by atoms with Gasteiger partial charge in [-0.1, -0.05) is 17.0 Å². The van der Waals surface area contributed by atoms with Crippen LogP contribution in [0.2, 0.25) is 0 Å². The van der Waals surface area contributed by atoms with Crippen molar-refractivity contribution in [2.75, 3.05) is 16.8 Å². The molecule has 0 aliphatic carbocycles. The molecule has 1 unspecified atom stereocenters. The van der Waals surface area contributed by atoms with Crippen molar-refractivity contribution in [1.29, 1.82) is 0 Å². The first-order valence-corrected chi connectivity index (χ1v) is 9.91. The highest BCUT2D eigenvalue weighted by Gasteiger charge is 2.53. The predicted octanol–water partition coefficient (Wildman–Crippen LogP) is 1.23. The van der Waals surface area contributed by atoms with Gasteiger partial charge in [0.1, 0.15) is 16.4 Å². The van der Waals surface area contributed by atoms with E-state index in [0.29, 0.717) is 28.1 Å². The number of carbonyl (C=O) groups is 2. The summed E-state index contributed by atoms with van der Waals surface area (Å²) in [6, 6.07) is -0.502. The minimum absolute atomic E-state index is 0.0842. The number of aromatic nitrogens is 5. The Bertz CT molecular complexity index is 897. The van der Waals surface area contributed by atoms with Crippen LogP contribution in [0.5, 0.6) is 0 Å². The second kappa shape index (κ2) is 7.15. The van der Waals surface area contributed by atoms with Gasteiger partial charge in [0.15, 0.2) is 0 Å². The molecular formula is C14H15N7O4S2. The average Bonchev–Trinajstić information content (AvgIpc) is 3.29. The van der Waals surface area contributed by atoms with Gasteiger partial charge in [0.05, 0.1) is 11.9 Å². The van der Waals surface area contributed by atoms with Crippen LogP contribution in [-0.4, -0.2) is 70.4 Å². The van der Waals surface area contributed by atoms with Gasteiger partial charge >= 0.3 is 6.16 Å². The third-order valence-corrected chi connectivity index (χ3v) is 6.29. The molecule has 0 radical (unpaired) electrons. The number of fused-ring (bicyclic) bond motifs is 1. The van der Waals surface area contributed by atoms with Gasteiger partial charge in [-0.2, -0.15) is 0 Å². The maximum Gasteiger partial charge on any atom is 0.512 e. The summed E-state index contributed by atoms with van der Waals surface area (Å²) in [5.74, 6) is 1.30. The molecule has 2 aromatic rings. The molecule has 2 aromatic heterocycles. The first-order valence-electron chi connectivity index (χ1n) is 7.88. The number of amides is 1. The Hall–Kier alpha value is -2.67. The lowest BCUT2D eigenvalue weighted by atomic mass is 10.1. The SMILES string of the molecule is Cc1c[nH]c(NC2C(=O)N3C(OC(=O)O)=C(CSc4c[nH]nn4)CS[C@@H]23)n1. The van der Waals surface area contributed by atoms with E-state index in [2.05, 4.69) is 30.7 Å². The molecule has 0 aromatic carbocycles. The lowest BCUT2D eigenvalue weighted by Gasteiger charge is -2.49. The Balaban J connectivity index is 1.51. The van der Waals surface area contributed by atoms with E-state index in [1.165, 1.54) is 28.4 Å². The largest absolute Gasteiger partial charge is 0.512 e. The summed E-state index contributed by atoms with van der Waals surface area (Å²) in [6.45, 7) is 1.84. The van der Waals surface area contributed by atoms with Crippen molar-refractivity contribution in [3.63, 3.8) is 0 Å². The van der Waals surface area contributed by atoms with Gasteiger partial charge < -0.3 is 20.1 Å². The molecular weight excluding hydrogens is 394 g/mol. The van der Waals surface area contributed by atoms with E-state index in [-0.39, 0.29) is 17.2 Å². The molecule has 13 heteroatoms.